The van der Waals surface area contributed by atoms with Crippen LogP contribution in [0, 0.1) is 11.8 Å². The normalized spacial score (nSPS) is 21.2. The number of nitrogens with one attached hydrogen (secondary N) is 1. The highest BCUT2D eigenvalue weighted by Crippen LogP contribution is 2.41. The van der Waals surface area contributed by atoms with Gasteiger partial charge in [0, 0.05) is 6.20 Å². The SMILES string of the molecule is NC(=O)C(NC(=O)c1ncc(C2CC2)cc1OCC1CC1)C1CC1. The molecule has 6 nitrogen and oxygen atoms in total. The summed E-state index contributed by atoms with van der Waals surface area (Å²) in [4.78, 5) is 28.5. The first-order chi connectivity index (χ1) is 11.6. The van der Waals surface area contributed by atoms with Crippen LogP contribution in [0.2, 0.25) is 0 Å². The first-order valence-electron chi connectivity index (χ1n) is 8.84. The van der Waals surface area contributed by atoms with Gasteiger partial charge in [0.15, 0.2) is 11.4 Å². The molecule has 2 amide bonds. The average Bonchev–Trinajstić information content (AvgIpc) is 3.40. The number of nitrogens with zero attached hydrogens (tertiary/aromatic N) is 1. The number of hydrogen-bond acceptors (Lipinski definition) is 4. The van der Waals surface area contributed by atoms with Crippen molar-refractivity contribution in [2.75, 3.05) is 6.61 Å². The Morgan fingerprint density at radius 3 is 2.58 bits per heavy atom. The number of nitrogens with two attached hydrogens (primary N) is 1. The third-order valence-electron chi connectivity index (χ3n) is 5.00. The van der Waals surface area contributed by atoms with Crippen molar-refractivity contribution in [2.24, 2.45) is 17.6 Å². The van der Waals surface area contributed by atoms with Crippen LogP contribution in [0.15, 0.2) is 12.3 Å². The average molecular weight is 329 g/mol. The molecule has 0 aromatic carbocycles. The molecule has 1 aromatic heterocycles. The molecule has 3 N–H and O–H groups in total. The molecule has 3 aliphatic rings. The highest BCUT2D eigenvalue weighted by Gasteiger charge is 2.37. The summed E-state index contributed by atoms with van der Waals surface area (Å²) < 4.78 is 5.88. The van der Waals surface area contributed by atoms with Crippen LogP contribution < -0.4 is 15.8 Å². The lowest BCUT2D eigenvalue weighted by Crippen LogP contribution is -2.46. The van der Waals surface area contributed by atoms with Gasteiger partial charge in [-0.25, -0.2) is 4.98 Å². The third kappa shape index (κ3) is 3.52. The summed E-state index contributed by atoms with van der Waals surface area (Å²) in [7, 11) is 0. The molecule has 1 heterocycles. The zero-order valence-electron chi connectivity index (χ0n) is 13.7. The molecule has 24 heavy (non-hydrogen) atoms. The molecule has 0 saturated heterocycles. The number of hydrogen-bond donors (Lipinski definition) is 2. The van der Waals surface area contributed by atoms with Crippen molar-refractivity contribution in [1.82, 2.24) is 10.3 Å². The van der Waals surface area contributed by atoms with Gasteiger partial charge in [0.05, 0.1) is 6.61 Å². The third-order valence-corrected chi connectivity index (χ3v) is 5.00. The van der Waals surface area contributed by atoms with E-state index in [1.165, 1.54) is 25.7 Å². The highest BCUT2D eigenvalue weighted by atomic mass is 16.5. The van der Waals surface area contributed by atoms with E-state index < -0.39 is 11.9 Å². The molecule has 3 saturated carbocycles. The van der Waals surface area contributed by atoms with Gasteiger partial charge >= 0.3 is 0 Å². The maximum Gasteiger partial charge on any atom is 0.274 e. The molecule has 1 atom stereocenters. The standard InChI is InChI=1S/C18H23N3O3/c19-17(22)15(12-5-6-12)21-18(23)16-14(24-9-10-1-2-10)7-13(8-20-16)11-3-4-11/h7-8,10-12,15H,1-6,9H2,(H2,19,22)(H,21,23). The summed E-state index contributed by atoms with van der Waals surface area (Å²) in [6.07, 6.45) is 8.31. The van der Waals surface area contributed by atoms with Crippen molar-refractivity contribution in [3.63, 3.8) is 0 Å². The second-order valence-electron chi connectivity index (χ2n) is 7.33. The first kappa shape index (κ1) is 15.4. The number of carbonyl (C=O) groups excluding carboxylic acids is 2. The van der Waals surface area contributed by atoms with Crippen molar-refractivity contribution < 1.29 is 14.3 Å². The summed E-state index contributed by atoms with van der Waals surface area (Å²) >= 11 is 0. The van der Waals surface area contributed by atoms with E-state index in [0.29, 0.717) is 24.2 Å². The zero-order valence-corrected chi connectivity index (χ0v) is 13.7. The summed E-state index contributed by atoms with van der Waals surface area (Å²) in [6, 6.07) is 1.33. The summed E-state index contributed by atoms with van der Waals surface area (Å²) in [5.74, 6) is 0.966. The predicted octanol–water partition coefficient (Wildman–Crippen LogP) is 1.74. The number of rotatable bonds is 8. The van der Waals surface area contributed by atoms with Crippen LogP contribution in [0.5, 0.6) is 5.75 Å². The number of ether oxygens (including phenoxy) is 1. The second kappa shape index (κ2) is 6.07. The van der Waals surface area contributed by atoms with Gasteiger partial charge in [-0.05, 0) is 67.9 Å². The fraction of sp³-hybridized carbons (Fsp3) is 0.611. The van der Waals surface area contributed by atoms with Gasteiger partial charge in [0.2, 0.25) is 5.91 Å². The van der Waals surface area contributed by atoms with E-state index in [-0.39, 0.29) is 17.5 Å². The summed E-state index contributed by atoms with van der Waals surface area (Å²) in [5, 5.41) is 2.75. The summed E-state index contributed by atoms with van der Waals surface area (Å²) in [6.45, 7) is 0.623. The van der Waals surface area contributed by atoms with Crippen LogP contribution in [0.1, 0.15) is 60.5 Å². The Hall–Kier alpha value is -2.11. The van der Waals surface area contributed by atoms with Crippen molar-refractivity contribution in [3.05, 3.63) is 23.5 Å². The molecule has 4 rings (SSSR count). The number of primary amides is 1. The van der Waals surface area contributed by atoms with Crippen LogP contribution in [0.4, 0.5) is 0 Å². The van der Waals surface area contributed by atoms with Gasteiger partial charge in [-0.1, -0.05) is 0 Å². The van der Waals surface area contributed by atoms with Crippen LogP contribution in [0.3, 0.4) is 0 Å². The van der Waals surface area contributed by atoms with E-state index >= 15 is 0 Å². The Bertz CT molecular complexity index is 663. The Morgan fingerprint density at radius 1 is 1.25 bits per heavy atom. The van der Waals surface area contributed by atoms with Gasteiger partial charge in [-0.3, -0.25) is 9.59 Å². The molecular formula is C18H23N3O3. The van der Waals surface area contributed by atoms with E-state index in [2.05, 4.69) is 10.3 Å². The van der Waals surface area contributed by atoms with E-state index in [4.69, 9.17) is 10.5 Å². The van der Waals surface area contributed by atoms with Crippen LogP contribution in [-0.4, -0.2) is 29.4 Å². The van der Waals surface area contributed by atoms with E-state index in [1.807, 2.05) is 6.07 Å². The number of amides is 2. The monoisotopic (exact) mass is 329 g/mol. The van der Waals surface area contributed by atoms with Crippen LogP contribution >= 0.6 is 0 Å². The van der Waals surface area contributed by atoms with Crippen LogP contribution in [-0.2, 0) is 4.79 Å². The topological polar surface area (TPSA) is 94.3 Å². The molecule has 3 fully saturated rings. The van der Waals surface area contributed by atoms with Gasteiger partial charge in [-0.2, -0.15) is 0 Å². The number of carbonyl (C=O) groups is 2. The summed E-state index contributed by atoms with van der Waals surface area (Å²) in [5.41, 5.74) is 6.80. The van der Waals surface area contributed by atoms with Crippen molar-refractivity contribution in [3.8, 4) is 5.75 Å². The predicted molar refractivity (Wildman–Crippen MR) is 87.6 cm³/mol. The fourth-order valence-corrected chi connectivity index (χ4v) is 2.93. The first-order valence-corrected chi connectivity index (χ1v) is 8.84. The lowest BCUT2D eigenvalue weighted by Gasteiger charge is -2.16. The van der Waals surface area contributed by atoms with Gasteiger partial charge in [-0.15, -0.1) is 0 Å². The number of pyridine rings is 1. The molecule has 1 unspecified atom stereocenters. The molecule has 0 radical (unpaired) electrons. The Morgan fingerprint density at radius 2 is 2.00 bits per heavy atom. The Kier molecular flexibility index (Phi) is 3.90. The maximum atomic E-state index is 12.6. The zero-order chi connectivity index (χ0) is 16.7. The smallest absolute Gasteiger partial charge is 0.274 e. The molecule has 0 spiro atoms. The highest BCUT2D eigenvalue weighted by molar-refractivity contribution is 5.98. The molecule has 1 aromatic rings. The fourth-order valence-electron chi connectivity index (χ4n) is 2.93. The lowest BCUT2D eigenvalue weighted by atomic mass is 10.1. The molecular weight excluding hydrogens is 306 g/mol. The largest absolute Gasteiger partial charge is 0.491 e. The molecule has 6 heteroatoms. The van der Waals surface area contributed by atoms with Gasteiger partial charge < -0.3 is 15.8 Å². The van der Waals surface area contributed by atoms with Gasteiger partial charge in [0.25, 0.3) is 5.91 Å². The second-order valence-corrected chi connectivity index (χ2v) is 7.33. The molecule has 0 bridgehead atoms. The Labute approximate surface area is 141 Å². The number of aromatic nitrogens is 1. The maximum absolute atomic E-state index is 12.6. The van der Waals surface area contributed by atoms with E-state index in [9.17, 15) is 9.59 Å². The quantitative estimate of drug-likeness (QED) is 0.759. The lowest BCUT2D eigenvalue weighted by molar-refractivity contribution is -0.120. The molecule has 128 valence electrons. The van der Waals surface area contributed by atoms with Gasteiger partial charge in [0.1, 0.15) is 6.04 Å². The minimum Gasteiger partial charge on any atom is -0.491 e. The van der Waals surface area contributed by atoms with Crippen molar-refractivity contribution >= 4 is 11.8 Å². The minimum absolute atomic E-state index is 0.160. The van der Waals surface area contributed by atoms with Crippen LogP contribution in [0.25, 0.3) is 0 Å². The molecule has 3 aliphatic carbocycles. The van der Waals surface area contributed by atoms with Crippen molar-refractivity contribution in [1.29, 1.82) is 0 Å². The van der Waals surface area contributed by atoms with E-state index in [0.717, 1.165) is 18.4 Å². The van der Waals surface area contributed by atoms with Crippen molar-refractivity contribution in [2.45, 2.75) is 50.5 Å². The van der Waals surface area contributed by atoms with E-state index in [1.54, 1.807) is 6.20 Å². The molecule has 0 aliphatic heterocycles. The minimum atomic E-state index is -0.612. The Balaban J connectivity index is 1.52.